The molecule has 1 atom stereocenters. The third-order valence-electron chi connectivity index (χ3n) is 2.70. The number of rotatable bonds is 1. The molecule has 0 bridgehead atoms. The average Bonchev–Trinajstić information content (AvgIpc) is 2.18. The molecule has 1 aromatic carbocycles. The Morgan fingerprint density at radius 3 is 3.15 bits per heavy atom. The van der Waals surface area contributed by atoms with E-state index in [1.54, 1.807) is 0 Å². The van der Waals surface area contributed by atoms with Crippen LogP contribution in [0.2, 0.25) is 0 Å². The molecule has 0 spiro atoms. The second-order valence-electron chi connectivity index (χ2n) is 3.47. The zero-order valence-electron chi connectivity index (χ0n) is 7.81. The highest BCUT2D eigenvalue weighted by Crippen LogP contribution is 2.30. The molecular weight excluding hydrogens is 226 g/mol. The van der Waals surface area contributed by atoms with E-state index in [2.05, 4.69) is 46.4 Å². The molecule has 0 saturated heterocycles. The fraction of sp³-hybridized carbons (Fsp3) is 0.455. The number of benzene rings is 1. The summed E-state index contributed by atoms with van der Waals surface area (Å²) in [5.41, 5.74) is 2.97. The molecule has 0 aromatic heterocycles. The number of hydrogen-bond acceptors (Lipinski definition) is 1. The molecule has 1 aromatic rings. The van der Waals surface area contributed by atoms with Gasteiger partial charge < -0.3 is 5.32 Å². The van der Waals surface area contributed by atoms with Gasteiger partial charge in [0.2, 0.25) is 0 Å². The van der Waals surface area contributed by atoms with Crippen molar-refractivity contribution in [1.29, 1.82) is 0 Å². The molecule has 0 radical (unpaired) electrons. The highest BCUT2D eigenvalue weighted by Gasteiger charge is 2.18. The normalized spacial score (nSPS) is 21.2. The van der Waals surface area contributed by atoms with E-state index in [0.717, 1.165) is 13.0 Å². The summed E-state index contributed by atoms with van der Waals surface area (Å²) in [5, 5.41) is 3.53. The molecule has 1 aliphatic rings. The molecule has 1 unspecified atom stereocenters. The monoisotopic (exact) mass is 239 g/mol. The van der Waals surface area contributed by atoms with Gasteiger partial charge in [0.1, 0.15) is 0 Å². The molecule has 13 heavy (non-hydrogen) atoms. The van der Waals surface area contributed by atoms with Crippen molar-refractivity contribution in [1.82, 2.24) is 5.32 Å². The van der Waals surface area contributed by atoms with Crippen LogP contribution >= 0.6 is 15.9 Å². The molecule has 2 heteroatoms. The molecule has 0 aliphatic carbocycles. The van der Waals surface area contributed by atoms with Crippen LogP contribution < -0.4 is 5.32 Å². The summed E-state index contributed by atoms with van der Waals surface area (Å²) >= 11 is 3.61. The van der Waals surface area contributed by atoms with E-state index in [9.17, 15) is 0 Å². The van der Waals surface area contributed by atoms with Gasteiger partial charge in [-0.05, 0) is 36.6 Å². The van der Waals surface area contributed by atoms with Crippen molar-refractivity contribution in [2.75, 3.05) is 6.54 Å². The molecule has 1 aliphatic heterocycles. The van der Waals surface area contributed by atoms with Gasteiger partial charge in [0.15, 0.2) is 0 Å². The van der Waals surface area contributed by atoms with E-state index in [1.165, 1.54) is 22.0 Å². The lowest BCUT2D eigenvalue weighted by Gasteiger charge is -2.26. The van der Waals surface area contributed by atoms with Gasteiger partial charge in [0.05, 0.1) is 0 Å². The van der Waals surface area contributed by atoms with Gasteiger partial charge in [-0.25, -0.2) is 0 Å². The van der Waals surface area contributed by atoms with Crippen LogP contribution in [0.5, 0.6) is 0 Å². The third-order valence-corrected chi connectivity index (χ3v) is 3.45. The first-order chi connectivity index (χ1) is 6.33. The first-order valence-electron chi connectivity index (χ1n) is 4.83. The van der Waals surface area contributed by atoms with E-state index in [-0.39, 0.29) is 0 Å². The summed E-state index contributed by atoms with van der Waals surface area (Å²) in [6.45, 7) is 3.34. The van der Waals surface area contributed by atoms with Crippen molar-refractivity contribution in [3.8, 4) is 0 Å². The second-order valence-corrected chi connectivity index (χ2v) is 4.33. The predicted octanol–water partition coefficient (Wildman–Crippen LogP) is 3.05. The van der Waals surface area contributed by atoms with E-state index in [4.69, 9.17) is 0 Å². The molecule has 70 valence electrons. The maximum Gasteiger partial charge on any atom is 0.0320 e. The maximum absolute atomic E-state index is 3.61. The standard InChI is InChI=1S/C11H14BrN/c1-2-11-9-4-3-5-10(12)8(9)6-7-13-11/h3-5,11,13H,2,6-7H2,1H3. The van der Waals surface area contributed by atoms with Crippen LogP contribution in [0.4, 0.5) is 0 Å². The Morgan fingerprint density at radius 2 is 2.38 bits per heavy atom. The minimum absolute atomic E-state index is 0.557. The molecule has 1 nitrogen and oxygen atoms in total. The highest BCUT2D eigenvalue weighted by molar-refractivity contribution is 9.10. The van der Waals surface area contributed by atoms with E-state index >= 15 is 0 Å². The zero-order valence-corrected chi connectivity index (χ0v) is 9.39. The minimum Gasteiger partial charge on any atom is -0.310 e. The van der Waals surface area contributed by atoms with Crippen LogP contribution in [0.3, 0.4) is 0 Å². The van der Waals surface area contributed by atoms with Crippen LogP contribution in [0.1, 0.15) is 30.5 Å². The Morgan fingerprint density at radius 1 is 1.54 bits per heavy atom. The molecule has 1 heterocycles. The average molecular weight is 240 g/mol. The Balaban J connectivity index is 2.45. The SMILES string of the molecule is CCC1NCCc2c(Br)cccc21. The molecule has 0 amide bonds. The lowest BCUT2D eigenvalue weighted by molar-refractivity contribution is 0.492. The number of halogens is 1. The van der Waals surface area contributed by atoms with E-state index < -0.39 is 0 Å². The van der Waals surface area contributed by atoms with Crippen LogP contribution in [0, 0.1) is 0 Å². The van der Waals surface area contributed by atoms with E-state index in [0.29, 0.717) is 6.04 Å². The summed E-state index contributed by atoms with van der Waals surface area (Å²) in [7, 11) is 0. The van der Waals surface area contributed by atoms with Crippen molar-refractivity contribution in [3.63, 3.8) is 0 Å². The van der Waals surface area contributed by atoms with Gasteiger partial charge in [-0.3, -0.25) is 0 Å². The molecule has 2 rings (SSSR count). The second kappa shape index (κ2) is 3.81. The number of fused-ring (bicyclic) bond motifs is 1. The van der Waals surface area contributed by atoms with Crippen molar-refractivity contribution in [2.45, 2.75) is 25.8 Å². The summed E-state index contributed by atoms with van der Waals surface area (Å²) in [5.74, 6) is 0. The van der Waals surface area contributed by atoms with Gasteiger partial charge in [0.25, 0.3) is 0 Å². The molecule has 0 fully saturated rings. The van der Waals surface area contributed by atoms with E-state index in [1.807, 2.05) is 0 Å². The molecular formula is C11H14BrN. The Hall–Kier alpha value is -0.340. The Kier molecular flexibility index (Phi) is 2.70. The van der Waals surface area contributed by atoms with Crippen LogP contribution in [-0.2, 0) is 6.42 Å². The molecule has 1 N–H and O–H groups in total. The van der Waals surface area contributed by atoms with Gasteiger partial charge in [0, 0.05) is 10.5 Å². The van der Waals surface area contributed by atoms with Gasteiger partial charge >= 0.3 is 0 Å². The van der Waals surface area contributed by atoms with Crippen LogP contribution in [0.15, 0.2) is 22.7 Å². The predicted molar refractivity (Wildman–Crippen MR) is 58.9 cm³/mol. The number of hydrogen-bond donors (Lipinski definition) is 1. The van der Waals surface area contributed by atoms with Crippen molar-refractivity contribution in [2.24, 2.45) is 0 Å². The lowest BCUT2D eigenvalue weighted by Crippen LogP contribution is -2.29. The van der Waals surface area contributed by atoms with Gasteiger partial charge in [-0.15, -0.1) is 0 Å². The smallest absolute Gasteiger partial charge is 0.0320 e. The highest BCUT2D eigenvalue weighted by atomic mass is 79.9. The van der Waals surface area contributed by atoms with Crippen LogP contribution in [0.25, 0.3) is 0 Å². The van der Waals surface area contributed by atoms with Crippen molar-refractivity contribution in [3.05, 3.63) is 33.8 Å². The quantitative estimate of drug-likeness (QED) is 0.795. The van der Waals surface area contributed by atoms with Crippen molar-refractivity contribution >= 4 is 15.9 Å². The summed E-state index contributed by atoms with van der Waals surface area (Å²) in [4.78, 5) is 0. The Bertz CT molecular complexity index is 309. The fourth-order valence-electron chi connectivity index (χ4n) is 2.01. The maximum atomic E-state index is 3.61. The minimum atomic E-state index is 0.557. The van der Waals surface area contributed by atoms with Crippen molar-refractivity contribution < 1.29 is 0 Å². The number of nitrogens with one attached hydrogen (secondary N) is 1. The summed E-state index contributed by atoms with van der Waals surface area (Å²) in [6, 6.07) is 7.05. The van der Waals surface area contributed by atoms with Gasteiger partial charge in [-0.1, -0.05) is 35.0 Å². The first-order valence-corrected chi connectivity index (χ1v) is 5.63. The first kappa shape index (κ1) is 9.22. The largest absolute Gasteiger partial charge is 0.310 e. The summed E-state index contributed by atoms with van der Waals surface area (Å²) in [6.07, 6.45) is 2.32. The topological polar surface area (TPSA) is 12.0 Å². The van der Waals surface area contributed by atoms with Crippen LogP contribution in [-0.4, -0.2) is 6.54 Å². The molecule has 0 saturated carbocycles. The fourth-order valence-corrected chi connectivity index (χ4v) is 2.59. The third kappa shape index (κ3) is 1.65. The van der Waals surface area contributed by atoms with Gasteiger partial charge in [-0.2, -0.15) is 0 Å². The zero-order chi connectivity index (χ0) is 9.26. The summed E-state index contributed by atoms with van der Waals surface area (Å²) < 4.78 is 1.27. The Labute approximate surface area is 87.7 Å². The lowest BCUT2D eigenvalue weighted by atomic mass is 9.93.